The summed E-state index contributed by atoms with van der Waals surface area (Å²) in [6, 6.07) is 9.93. The molecule has 1 aromatic carbocycles. The minimum Gasteiger partial charge on any atom is -0.488 e. The Morgan fingerprint density at radius 2 is 1.81 bits per heavy atom. The second-order valence-electron chi connectivity index (χ2n) is 4.29. The van der Waals surface area contributed by atoms with Crippen molar-refractivity contribution in [3.05, 3.63) is 30.3 Å². The lowest BCUT2D eigenvalue weighted by Crippen LogP contribution is -2.28. The monoisotopic (exact) mass is 222 g/mol. The quantitative estimate of drug-likeness (QED) is 0.657. The molecule has 0 saturated carbocycles. The molecule has 0 amide bonds. The second-order valence-corrected chi connectivity index (χ2v) is 4.29. The van der Waals surface area contributed by atoms with Crippen molar-refractivity contribution in [1.29, 1.82) is 0 Å². The number of hydrogen-bond donors (Lipinski definition) is 0. The fourth-order valence-corrected chi connectivity index (χ4v) is 1.38. The molecule has 0 N–H and O–H groups in total. The maximum absolute atomic E-state index is 5.90. The first kappa shape index (κ1) is 13.0. The first-order valence-electron chi connectivity index (χ1n) is 6.03. The van der Waals surface area contributed by atoms with Crippen molar-refractivity contribution in [3.63, 3.8) is 0 Å². The van der Waals surface area contributed by atoms with E-state index < -0.39 is 0 Å². The molecule has 1 rings (SSSR count). The number of ether oxygens (including phenoxy) is 2. The maximum atomic E-state index is 5.90. The van der Waals surface area contributed by atoms with Crippen LogP contribution >= 0.6 is 0 Å². The molecule has 0 bridgehead atoms. The van der Waals surface area contributed by atoms with E-state index in [4.69, 9.17) is 9.47 Å². The molecule has 90 valence electrons. The van der Waals surface area contributed by atoms with Gasteiger partial charge < -0.3 is 9.47 Å². The molecule has 0 aliphatic carbocycles. The molecule has 16 heavy (non-hydrogen) atoms. The molecule has 1 atom stereocenters. The zero-order valence-corrected chi connectivity index (χ0v) is 10.5. The number of benzene rings is 1. The summed E-state index contributed by atoms with van der Waals surface area (Å²) in [4.78, 5) is 0. The van der Waals surface area contributed by atoms with Crippen molar-refractivity contribution in [2.24, 2.45) is 5.92 Å². The van der Waals surface area contributed by atoms with Crippen LogP contribution in [0.2, 0.25) is 0 Å². The molecule has 0 heterocycles. The first-order chi connectivity index (χ1) is 7.74. The molecule has 0 aliphatic rings. The van der Waals surface area contributed by atoms with Crippen LogP contribution in [-0.4, -0.2) is 19.3 Å². The second kappa shape index (κ2) is 7.29. The zero-order chi connectivity index (χ0) is 11.8. The molecule has 0 spiro atoms. The number of para-hydroxylation sites is 1. The third-order valence-electron chi connectivity index (χ3n) is 2.40. The fourth-order valence-electron chi connectivity index (χ4n) is 1.38. The predicted octanol–water partition coefficient (Wildman–Crippen LogP) is 3.52. The fraction of sp³-hybridized carbons (Fsp3) is 0.571. The summed E-state index contributed by atoms with van der Waals surface area (Å²) in [5, 5.41) is 0. The van der Waals surface area contributed by atoms with Crippen molar-refractivity contribution in [2.45, 2.75) is 33.3 Å². The normalized spacial score (nSPS) is 12.8. The van der Waals surface area contributed by atoms with Crippen molar-refractivity contribution in [1.82, 2.24) is 0 Å². The minimum absolute atomic E-state index is 0.133. The average molecular weight is 222 g/mol. The minimum atomic E-state index is 0.133. The molecule has 1 aromatic rings. The summed E-state index contributed by atoms with van der Waals surface area (Å²) in [5.41, 5.74) is 0. The zero-order valence-electron chi connectivity index (χ0n) is 10.5. The van der Waals surface area contributed by atoms with Crippen LogP contribution < -0.4 is 4.74 Å². The van der Waals surface area contributed by atoms with Crippen LogP contribution in [0.15, 0.2) is 30.3 Å². The Kier molecular flexibility index (Phi) is 5.94. The lowest BCUT2D eigenvalue weighted by molar-refractivity contribution is 0.0280. The van der Waals surface area contributed by atoms with Crippen molar-refractivity contribution >= 4 is 0 Å². The van der Waals surface area contributed by atoms with Gasteiger partial charge >= 0.3 is 0 Å². The Morgan fingerprint density at radius 1 is 1.12 bits per heavy atom. The van der Waals surface area contributed by atoms with Gasteiger partial charge in [0.25, 0.3) is 0 Å². The summed E-state index contributed by atoms with van der Waals surface area (Å²) in [6.07, 6.45) is 1.19. The van der Waals surface area contributed by atoms with Gasteiger partial charge in [-0.25, -0.2) is 0 Å². The van der Waals surface area contributed by atoms with Crippen molar-refractivity contribution in [3.8, 4) is 5.75 Å². The van der Waals surface area contributed by atoms with E-state index in [-0.39, 0.29) is 6.10 Å². The third kappa shape index (κ3) is 4.67. The molecule has 0 saturated heterocycles. The molecule has 0 aromatic heterocycles. The highest BCUT2D eigenvalue weighted by Crippen LogP contribution is 2.15. The van der Waals surface area contributed by atoms with Gasteiger partial charge in [0.05, 0.1) is 6.61 Å². The standard InChI is InChI=1S/C14H22O2/c1-4-10-15-11-14(12(2)3)16-13-8-6-5-7-9-13/h5-9,12,14H,4,10-11H2,1-3H3/t14-/m1/s1. The SMILES string of the molecule is CCCOC[C@@H](Oc1ccccc1)C(C)C. The highest BCUT2D eigenvalue weighted by Gasteiger charge is 2.15. The van der Waals surface area contributed by atoms with Crippen LogP contribution in [0.5, 0.6) is 5.75 Å². The van der Waals surface area contributed by atoms with E-state index in [0.717, 1.165) is 18.8 Å². The Morgan fingerprint density at radius 3 is 2.38 bits per heavy atom. The molecule has 2 heteroatoms. The van der Waals surface area contributed by atoms with E-state index in [1.54, 1.807) is 0 Å². The molecule has 0 fully saturated rings. The summed E-state index contributed by atoms with van der Waals surface area (Å²) in [7, 11) is 0. The summed E-state index contributed by atoms with van der Waals surface area (Å²) in [5.74, 6) is 1.37. The van der Waals surface area contributed by atoms with Gasteiger partial charge in [-0.1, -0.05) is 39.0 Å². The van der Waals surface area contributed by atoms with E-state index in [1.807, 2.05) is 30.3 Å². The van der Waals surface area contributed by atoms with Gasteiger partial charge in [-0.15, -0.1) is 0 Å². The van der Waals surface area contributed by atoms with Crippen LogP contribution in [0.25, 0.3) is 0 Å². The lowest BCUT2D eigenvalue weighted by atomic mass is 10.1. The third-order valence-corrected chi connectivity index (χ3v) is 2.40. The summed E-state index contributed by atoms with van der Waals surface area (Å²) >= 11 is 0. The maximum Gasteiger partial charge on any atom is 0.124 e. The van der Waals surface area contributed by atoms with Gasteiger partial charge in [0.1, 0.15) is 11.9 Å². The molecular weight excluding hydrogens is 200 g/mol. The number of rotatable bonds is 7. The Bertz CT molecular complexity index is 269. The van der Waals surface area contributed by atoms with Gasteiger partial charge in [0.15, 0.2) is 0 Å². The molecule has 2 nitrogen and oxygen atoms in total. The van der Waals surface area contributed by atoms with E-state index in [1.165, 1.54) is 0 Å². The summed E-state index contributed by atoms with van der Waals surface area (Å²) < 4.78 is 11.5. The molecular formula is C14H22O2. The Hall–Kier alpha value is -1.02. The van der Waals surface area contributed by atoms with Crippen LogP contribution in [0, 0.1) is 5.92 Å². The van der Waals surface area contributed by atoms with Crippen LogP contribution in [-0.2, 0) is 4.74 Å². The van der Waals surface area contributed by atoms with Gasteiger partial charge in [-0.3, -0.25) is 0 Å². The van der Waals surface area contributed by atoms with Gasteiger partial charge in [0, 0.05) is 6.61 Å². The van der Waals surface area contributed by atoms with Crippen LogP contribution in [0.1, 0.15) is 27.2 Å². The largest absolute Gasteiger partial charge is 0.488 e. The highest BCUT2D eigenvalue weighted by atomic mass is 16.5. The summed E-state index contributed by atoms with van der Waals surface area (Å²) in [6.45, 7) is 7.90. The van der Waals surface area contributed by atoms with E-state index in [2.05, 4.69) is 20.8 Å². The highest BCUT2D eigenvalue weighted by molar-refractivity contribution is 5.21. The van der Waals surface area contributed by atoms with Gasteiger partial charge in [-0.2, -0.15) is 0 Å². The Labute approximate surface area is 98.6 Å². The predicted molar refractivity (Wildman–Crippen MR) is 66.8 cm³/mol. The average Bonchev–Trinajstić information content (AvgIpc) is 2.29. The van der Waals surface area contributed by atoms with Crippen molar-refractivity contribution < 1.29 is 9.47 Å². The lowest BCUT2D eigenvalue weighted by Gasteiger charge is -2.22. The van der Waals surface area contributed by atoms with Gasteiger partial charge in [-0.05, 0) is 24.5 Å². The molecule has 0 radical (unpaired) electrons. The molecule has 0 unspecified atom stereocenters. The van der Waals surface area contributed by atoms with E-state index in [0.29, 0.717) is 12.5 Å². The topological polar surface area (TPSA) is 18.5 Å². The molecule has 0 aliphatic heterocycles. The van der Waals surface area contributed by atoms with Gasteiger partial charge in [0.2, 0.25) is 0 Å². The number of hydrogen-bond acceptors (Lipinski definition) is 2. The van der Waals surface area contributed by atoms with Crippen molar-refractivity contribution in [2.75, 3.05) is 13.2 Å². The Balaban J connectivity index is 2.45. The van der Waals surface area contributed by atoms with Crippen LogP contribution in [0.4, 0.5) is 0 Å². The first-order valence-corrected chi connectivity index (χ1v) is 6.03. The van der Waals surface area contributed by atoms with Crippen LogP contribution in [0.3, 0.4) is 0 Å². The van der Waals surface area contributed by atoms with E-state index in [9.17, 15) is 0 Å². The smallest absolute Gasteiger partial charge is 0.124 e. The van der Waals surface area contributed by atoms with E-state index >= 15 is 0 Å².